The maximum absolute atomic E-state index is 12.5. The van der Waals surface area contributed by atoms with Crippen LogP contribution in [0.1, 0.15) is 39.8 Å². The predicted molar refractivity (Wildman–Crippen MR) is 111 cm³/mol. The zero-order valence-corrected chi connectivity index (χ0v) is 17.2. The number of carbonyl (C=O) groups is 3. The van der Waals surface area contributed by atoms with Crippen molar-refractivity contribution in [2.75, 3.05) is 6.61 Å². The maximum atomic E-state index is 12.5. The van der Waals surface area contributed by atoms with E-state index < -0.39 is 24.6 Å². The molecule has 2 aromatic rings. The van der Waals surface area contributed by atoms with Crippen molar-refractivity contribution in [3.63, 3.8) is 0 Å². The fraction of sp³-hybridized carbons (Fsp3) is 0.286. The number of primary amides is 1. The van der Waals surface area contributed by atoms with E-state index in [1.165, 1.54) is 0 Å². The van der Waals surface area contributed by atoms with E-state index >= 15 is 0 Å². The van der Waals surface area contributed by atoms with Gasteiger partial charge in [-0.25, -0.2) is 4.79 Å². The number of aryl methyl sites for hydroxylation is 1. The van der Waals surface area contributed by atoms with Crippen molar-refractivity contribution in [1.29, 1.82) is 0 Å². The quantitative estimate of drug-likeness (QED) is 0.370. The number of ether oxygens (including phenoxy) is 1. The standard InChI is InChI=1S/C21H24ClN3O4/c1-4-9-25-13(2)10-16(14(25)3)19(26)12-29-20(27)11-18(24-21(23)28)15-7-5-6-8-17(15)22/h4-8,10,18H,1,9,11-12H2,2-3H3,(H3,23,24,28)/t18-/m1/s1. The van der Waals surface area contributed by atoms with Gasteiger partial charge in [0, 0.05) is 28.5 Å². The van der Waals surface area contributed by atoms with Gasteiger partial charge in [-0.1, -0.05) is 35.9 Å². The number of urea groups is 1. The Morgan fingerprint density at radius 2 is 2.00 bits per heavy atom. The number of nitrogens with two attached hydrogens (primary N) is 1. The number of nitrogens with zero attached hydrogens (tertiary/aromatic N) is 1. The van der Waals surface area contributed by atoms with Crippen molar-refractivity contribution in [2.24, 2.45) is 5.73 Å². The van der Waals surface area contributed by atoms with Crippen molar-refractivity contribution in [2.45, 2.75) is 32.9 Å². The highest BCUT2D eigenvalue weighted by Gasteiger charge is 2.22. The van der Waals surface area contributed by atoms with Gasteiger partial charge in [-0.15, -0.1) is 6.58 Å². The molecule has 1 heterocycles. The normalized spacial score (nSPS) is 11.6. The van der Waals surface area contributed by atoms with Gasteiger partial charge in [0.1, 0.15) is 0 Å². The molecule has 2 rings (SSSR count). The lowest BCUT2D eigenvalue weighted by Gasteiger charge is -2.18. The van der Waals surface area contributed by atoms with Gasteiger partial charge in [-0.3, -0.25) is 9.59 Å². The summed E-state index contributed by atoms with van der Waals surface area (Å²) < 4.78 is 7.09. The summed E-state index contributed by atoms with van der Waals surface area (Å²) in [6.45, 7) is 7.62. The Hall–Kier alpha value is -3.06. The summed E-state index contributed by atoms with van der Waals surface area (Å²) in [6, 6.07) is 6.97. The molecular formula is C21H24ClN3O4. The molecule has 0 unspecified atom stereocenters. The van der Waals surface area contributed by atoms with Crippen LogP contribution in [0.5, 0.6) is 0 Å². The van der Waals surface area contributed by atoms with Gasteiger partial charge in [0.15, 0.2) is 6.61 Å². The van der Waals surface area contributed by atoms with Gasteiger partial charge in [0.05, 0.1) is 12.5 Å². The SMILES string of the molecule is C=CCn1c(C)cc(C(=O)COC(=O)C[C@@H](NC(N)=O)c2ccccc2Cl)c1C. The van der Waals surface area contributed by atoms with Crippen molar-refractivity contribution < 1.29 is 19.1 Å². The van der Waals surface area contributed by atoms with E-state index in [1.807, 2.05) is 18.4 Å². The largest absolute Gasteiger partial charge is 0.457 e. The van der Waals surface area contributed by atoms with Gasteiger partial charge in [0.2, 0.25) is 5.78 Å². The first-order valence-corrected chi connectivity index (χ1v) is 9.39. The fourth-order valence-electron chi connectivity index (χ4n) is 3.11. The highest BCUT2D eigenvalue weighted by Crippen LogP contribution is 2.25. The minimum atomic E-state index is -0.798. The number of amides is 2. The monoisotopic (exact) mass is 417 g/mol. The molecule has 0 radical (unpaired) electrons. The number of nitrogens with one attached hydrogen (secondary N) is 1. The van der Waals surface area contributed by atoms with Gasteiger partial charge in [-0.05, 0) is 31.5 Å². The molecule has 0 saturated heterocycles. The highest BCUT2D eigenvalue weighted by atomic mass is 35.5. The molecule has 29 heavy (non-hydrogen) atoms. The molecule has 0 fully saturated rings. The van der Waals surface area contributed by atoms with E-state index in [4.69, 9.17) is 22.1 Å². The second kappa shape index (κ2) is 9.93. The number of benzene rings is 1. The van der Waals surface area contributed by atoms with Gasteiger partial charge < -0.3 is 20.4 Å². The Morgan fingerprint density at radius 1 is 1.31 bits per heavy atom. The summed E-state index contributed by atoms with van der Waals surface area (Å²) in [6.07, 6.45) is 1.53. The highest BCUT2D eigenvalue weighted by molar-refractivity contribution is 6.31. The topological polar surface area (TPSA) is 103 Å². The van der Waals surface area contributed by atoms with E-state index in [1.54, 1.807) is 36.4 Å². The number of rotatable bonds is 9. The van der Waals surface area contributed by atoms with E-state index in [0.717, 1.165) is 11.4 Å². The summed E-state index contributed by atoms with van der Waals surface area (Å²) in [5, 5.41) is 2.86. The lowest BCUT2D eigenvalue weighted by molar-refractivity contribution is -0.143. The molecule has 0 aliphatic heterocycles. The van der Waals surface area contributed by atoms with Gasteiger partial charge in [-0.2, -0.15) is 0 Å². The first-order chi connectivity index (χ1) is 13.7. The van der Waals surface area contributed by atoms with Crippen LogP contribution in [0.2, 0.25) is 5.02 Å². The Morgan fingerprint density at radius 3 is 2.62 bits per heavy atom. The summed E-state index contributed by atoms with van der Waals surface area (Å²) in [5.41, 5.74) is 7.93. The molecule has 0 bridgehead atoms. The first kappa shape index (κ1) is 22.2. The van der Waals surface area contributed by atoms with Crippen LogP contribution in [0.25, 0.3) is 0 Å². The molecule has 1 atom stereocenters. The number of carbonyl (C=O) groups excluding carboxylic acids is 3. The lowest BCUT2D eigenvalue weighted by atomic mass is 10.0. The van der Waals surface area contributed by atoms with Crippen LogP contribution in [0.3, 0.4) is 0 Å². The minimum Gasteiger partial charge on any atom is -0.457 e. The van der Waals surface area contributed by atoms with Gasteiger partial charge in [0.25, 0.3) is 0 Å². The third-order valence-corrected chi connectivity index (χ3v) is 4.86. The molecule has 0 aliphatic carbocycles. The molecular weight excluding hydrogens is 394 g/mol. The summed E-state index contributed by atoms with van der Waals surface area (Å²) >= 11 is 6.15. The van der Waals surface area contributed by atoms with Crippen LogP contribution in [0.4, 0.5) is 4.79 Å². The fourth-order valence-corrected chi connectivity index (χ4v) is 3.38. The summed E-state index contributed by atoms with van der Waals surface area (Å²) in [5.74, 6) is -0.962. The molecule has 3 N–H and O–H groups in total. The second-order valence-corrected chi connectivity index (χ2v) is 6.96. The predicted octanol–water partition coefficient (Wildman–Crippen LogP) is 3.47. The average molecular weight is 418 g/mol. The third-order valence-electron chi connectivity index (χ3n) is 4.52. The van der Waals surface area contributed by atoms with Crippen molar-refractivity contribution >= 4 is 29.4 Å². The number of allylic oxidation sites excluding steroid dienone is 1. The molecule has 1 aromatic heterocycles. The Balaban J connectivity index is 2.05. The Kier molecular flexibility index (Phi) is 7.61. The molecule has 2 amide bonds. The number of aromatic nitrogens is 1. The second-order valence-electron chi connectivity index (χ2n) is 6.55. The number of Topliss-reactive ketones (excluding diaryl/α,β-unsaturated/α-hetero) is 1. The van der Waals surface area contributed by atoms with Crippen molar-refractivity contribution in [1.82, 2.24) is 9.88 Å². The molecule has 0 spiro atoms. The van der Waals surface area contributed by atoms with Crippen molar-refractivity contribution in [3.05, 3.63) is 70.5 Å². The molecule has 0 saturated carbocycles. The number of halogens is 1. The summed E-state index contributed by atoms with van der Waals surface area (Å²) in [4.78, 5) is 36.1. The zero-order chi connectivity index (χ0) is 21.6. The maximum Gasteiger partial charge on any atom is 0.312 e. The number of esters is 1. The zero-order valence-electron chi connectivity index (χ0n) is 16.4. The van der Waals surface area contributed by atoms with Crippen LogP contribution in [-0.4, -0.2) is 29.0 Å². The van der Waals surface area contributed by atoms with Gasteiger partial charge >= 0.3 is 12.0 Å². The molecule has 154 valence electrons. The van der Waals surface area contributed by atoms with E-state index in [-0.39, 0.29) is 12.2 Å². The molecule has 0 aliphatic rings. The summed E-state index contributed by atoms with van der Waals surface area (Å²) in [7, 11) is 0. The molecule has 8 heteroatoms. The Bertz CT molecular complexity index is 936. The van der Waals surface area contributed by atoms with E-state index in [2.05, 4.69) is 11.9 Å². The number of ketones is 1. The van der Waals surface area contributed by atoms with Crippen LogP contribution < -0.4 is 11.1 Å². The third kappa shape index (κ3) is 5.71. The van der Waals surface area contributed by atoms with E-state index in [9.17, 15) is 14.4 Å². The van der Waals surface area contributed by atoms with Crippen LogP contribution in [0.15, 0.2) is 43.0 Å². The van der Waals surface area contributed by atoms with Crippen LogP contribution in [-0.2, 0) is 16.1 Å². The van der Waals surface area contributed by atoms with Crippen LogP contribution >= 0.6 is 11.6 Å². The number of hydrogen-bond donors (Lipinski definition) is 2. The number of hydrogen-bond acceptors (Lipinski definition) is 4. The Labute approximate surface area is 174 Å². The smallest absolute Gasteiger partial charge is 0.312 e. The minimum absolute atomic E-state index is 0.213. The van der Waals surface area contributed by atoms with E-state index in [0.29, 0.717) is 22.7 Å². The molecule has 1 aromatic carbocycles. The average Bonchev–Trinajstić information content (AvgIpc) is 2.94. The van der Waals surface area contributed by atoms with Crippen LogP contribution in [0, 0.1) is 13.8 Å². The first-order valence-electron chi connectivity index (χ1n) is 9.01. The lowest BCUT2D eigenvalue weighted by Crippen LogP contribution is -2.35. The molecule has 7 nitrogen and oxygen atoms in total. The van der Waals surface area contributed by atoms with Crippen molar-refractivity contribution in [3.8, 4) is 0 Å².